The number of nitrogens with two attached hydrogens (primary N) is 1. The molecule has 0 saturated carbocycles. The summed E-state index contributed by atoms with van der Waals surface area (Å²) in [6.07, 6.45) is 2.99. The summed E-state index contributed by atoms with van der Waals surface area (Å²) >= 11 is 0. The van der Waals surface area contributed by atoms with Gasteiger partial charge in [-0.3, -0.25) is 14.3 Å². The first-order valence-corrected chi connectivity index (χ1v) is 7.19. The minimum absolute atomic E-state index is 0.0959. The monoisotopic (exact) mass is 308 g/mol. The fraction of sp³-hybridized carbons (Fsp3) is 0.0833. The Balaban J connectivity index is 2.72. The van der Waals surface area contributed by atoms with Gasteiger partial charge in [-0.1, -0.05) is 0 Å². The summed E-state index contributed by atoms with van der Waals surface area (Å²) < 4.78 is 31.8. The Morgan fingerprint density at radius 2 is 1.95 bits per heavy atom. The molecule has 0 aliphatic carbocycles. The van der Waals surface area contributed by atoms with Gasteiger partial charge >= 0.3 is 0 Å². The zero-order chi connectivity index (χ0) is 15.6. The van der Waals surface area contributed by atoms with E-state index in [0.717, 1.165) is 6.07 Å². The Kier molecular flexibility index (Phi) is 3.87. The normalized spacial score (nSPS) is 11.1. The van der Waals surface area contributed by atoms with Crippen LogP contribution >= 0.6 is 0 Å². The highest BCUT2D eigenvalue weighted by molar-refractivity contribution is 7.86. The predicted molar refractivity (Wildman–Crippen MR) is 76.0 cm³/mol. The highest BCUT2D eigenvalue weighted by atomic mass is 32.2. The van der Waals surface area contributed by atoms with Gasteiger partial charge in [0.15, 0.2) is 0 Å². The van der Waals surface area contributed by atoms with Crippen LogP contribution in [0.25, 0.3) is 11.1 Å². The van der Waals surface area contributed by atoms with Gasteiger partial charge in [-0.2, -0.15) is 8.42 Å². The molecule has 0 aliphatic heterocycles. The van der Waals surface area contributed by atoms with Gasteiger partial charge in [0, 0.05) is 24.9 Å². The van der Waals surface area contributed by atoms with Crippen molar-refractivity contribution in [2.75, 3.05) is 11.1 Å². The molecule has 21 heavy (non-hydrogen) atoms. The standard InChI is InChI=1S/C12H12N4O4S/c1-7(17)15-12-9(8-2-4-14-5-3-8)6-10(11(13)16-12)21(18,19)20/h2-6H,1H3,(H,18,19,20)(H3,13,15,16,17). The van der Waals surface area contributed by atoms with E-state index in [1.165, 1.54) is 19.3 Å². The molecule has 110 valence electrons. The molecule has 0 spiro atoms. The first-order chi connectivity index (χ1) is 9.79. The van der Waals surface area contributed by atoms with Crippen LogP contribution in [0.15, 0.2) is 35.5 Å². The Hall–Kier alpha value is -2.52. The number of hydrogen-bond acceptors (Lipinski definition) is 6. The lowest BCUT2D eigenvalue weighted by Crippen LogP contribution is -2.12. The van der Waals surface area contributed by atoms with Crippen LogP contribution in [0.4, 0.5) is 11.6 Å². The van der Waals surface area contributed by atoms with Crippen molar-refractivity contribution in [1.82, 2.24) is 9.97 Å². The van der Waals surface area contributed by atoms with Crippen LogP contribution in [0.3, 0.4) is 0 Å². The number of amides is 1. The summed E-state index contributed by atoms with van der Waals surface area (Å²) in [7, 11) is -4.53. The fourth-order valence-electron chi connectivity index (χ4n) is 1.73. The number of nitrogens with one attached hydrogen (secondary N) is 1. The Morgan fingerprint density at radius 3 is 2.48 bits per heavy atom. The summed E-state index contributed by atoms with van der Waals surface area (Å²) in [5.41, 5.74) is 6.38. The molecule has 2 rings (SSSR count). The van der Waals surface area contributed by atoms with E-state index in [4.69, 9.17) is 10.3 Å². The van der Waals surface area contributed by atoms with E-state index >= 15 is 0 Å². The van der Waals surface area contributed by atoms with Crippen LogP contribution in [0.1, 0.15) is 6.92 Å². The Morgan fingerprint density at radius 1 is 1.33 bits per heavy atom. The topological polar surface area (TPSA) is 135 Å². The van der Waals surface area contributed by atoms with Gasteiger partial charge < -0.3 is 11.1 Å². The summed E-state index contributed by atoms with van der Waals surface area (Å²) in [6, 6.07) is 4.36. The number of aromatic nitrogens is 2. The summed E-state index contributed by atoms with van der Waals surface area (Å²) in [5.74, 6) is -0.700. The molecule has 9 heteroatoms. The van der Waals surface area contributed by atoms with Crippen molar-refractivity contribution < 1.29 is 17.8 Å². The lowest BCUT2D eigenvalue weighted by atomic mass is 10.1. The van der Waals surface area contributed by atoms with Crippen molar-refractivity contribution >= 4 is 27.7 Å². The van der Waals surface area contributed by atoms with Crippen LogP contribution in [-0.4, -0.2) is 28.8 Å². The molecule has 0 radical (unpaired) electrons. The maximum atomic E-state index is 11.3. The van der Waals surface area contributed by atoms with Crippen molar-refractivity contribution in [2.24, 2.45) is 0 Å². The number of pyridine rings is 2. The van der Waals surface area contributed by atoms with E-state index in [1.807, 2.05) is 0 Å². The number of carbonyl (C=O) groups is 1. The van der Waals surface area contributed by atoms with Gasteiger partial charge in [0.2, 0.25) is 5.91 Å². The number of nitrogens with zero attached hydrogens (tertiary/aromatic N) is 2. The van der Waals surface area contributed by atoms with E-state index in [2.05, 4.69) is 15.3 Å². The van der Waals surface area contributed by atoms with Crippen LogP contribution < -0.4 is 11.1 Å². The predicted octanol–water partition coefficient (Wildman–Crippen LogP) is 0.931. The summed E-state index contributed by atoms with van der Waals surface area (Å²) in [5, 5.41) is 2.46. The van der Waals surface area contributed by atoms with Gasteiger partial charge in [0.1, 0.15) is 16.5 Å². The number of nitrogen functional groups attached to an aromatic ring is 1. The smallest absolute Gasteiger partial charge is 0.298 e. The van der Waals surface area contributed by atoms with Gasteiger partial charge in [0.25, 0.3) is 10.1 Å². The third-order valence-corrected chi connectivity index (χ3v) is 3.46. The van der Waals surface area contributed by atoms with Crippen LogP contribution in [0.5, 0.6) is 0 Å². The van der Waals surface area contributed by atoms with E-state index in [1.54, 1.807) is 12.1 Å². The summed E-state index contributed by atoms with van der Waals surface area (Å²) in [6.45, 7) is 1.28. The molecular formula is C12H12N4O4S. The zero-order valence-corrected chi connectivity index (χ0v) is 11.8. The number of hydrogen-bond donors (Lipinski definition) is 3. The van der Waals surface area contributed by atoms with Crippen molar-refractivity contribution in [2.45, 2.75) is 11.8 Å². The molecule has 0 aliphatic rings. The van der Waals surface area contributed by atoms with Gasteiger partial charge in [-0.05, 0) is 23.8 Å². The first kappa shape index (κ1) is 14.9. The van der Waals surface area contributed by atoms with Gasteiger partial charge in [-0.15, -0.1) is 0 Å². The third-order valence-electron chi connectivity index (χ3n) is 2.58. The van der Waals surface area contributed by atoms with E-state index in [0.29, 0.717) is 11.1 Å². The number of anilines is 2. The minimum atomic E-state index is -4.53. The van der Waals surface area contributed by atoms with Crippen molar-refractivity contribution in [3.05, 3.63) is 30.6 Å². The SMILES string of the molecule is CC(=O)Nc1nc(N)c(S(=O)(=O)O)cc1-c1ccncc1. The van der Waals surface area contributed by atoms with Crippen molar-refractivity contribution in [1.29, 1.82) is 0 Å². The van der Waals surface area contributed by atoms with E-state index in [-0.39, 0.29) is 5.82 Å². The Labute approximate surface area is 120 Å². The fourth-order valence-corrected chi connectivity index (χ4v) is 2.31. The molecule has 2 heterocycles. The average Bonchev–Trinajstić information content (AvgIpc) is 2.37. The highest BCUT2D eigenvalue weighted by Gasteiger charge is 2.20. The molecule has 2 aromatic heterocycles. The highest BCUT2D eigenvalue weighted by Crippen LogP contribution is 2.31. The lowest BCUT2D eigenvalue weighted by Gasteiger charge is -2.12. The molecule has 0 bridgehead atoms. The summed E-state index contributed by atoms with van der Waals surface area (Å²) in [4.78, 5) is 18.4. The second-order valence-corrected chi connectivity index (χ2v) is 5.55. The van der Waals surface area contributed by atoms with E-state index < -0.39 is 26.7 Å². The minimum Gasteiger partial charge on any atom is -0.382 e. The lowest BCUT2D eigenvalue weighted by molar-refractivity contribution is -0.114. The third kappa shape index (κ3) is 3.33. The van der Waals surface area contributed by atoms with Crippen LogP contribution in [-0.2, 0) is 14.9 Å². The van der Waals surface area contributed by atoms with Crippen molar-refractivity contribution in [3.63, 3.8) is 0 Å². The average molecular weight is 308 g/mol. The molecule has 2 aromatic rings. The Bertz CT molecular complexity index is 790. The molecule has 4 N–H and O–H groups in total. The second-order valence-electron chi connectivity index (χ2n) is 4.16. The van der Waals surface area contributed by atoms with Crippen LogP contribution in [0, 0.1) is 0 Å². The molecular weight excluding hydrogens is 296 g/mol. The van der Waals surface area contributed by atoms with Crippen molar-refractivity contribution in [3.8, 4) is 11.1 Å². The van der Waals surface area contributed by atoms with E-state index in [9.17, 15) is 13.2 Å². The van der Waals surface area contributed by atoms with Crippen LogP contribution in [0.2, 0.25) is 0 Å². The molecule has 0 unspecified atom stereocenters. The molecule has 1 amide bonds. The quantitative estimate of drug-likeness (QED) is 0.717. The zero-order valence-electron chi connectivity index (χ0n) is 10.9. The molecule has 0 aromatic carbocycles. The maximum absolute atomic E-state index is 11.3. The number of rotatable bonds is 3. The second kappa shape index (κ2) is 5.46. The van der Waals surface area contributed by atoms with Gasteiger partial charge in [-0.25, -0.2) is 4.98 Å². The maximum Gasteiger partial charge on any atom is 0.298 e. The van der Waals surface area contributed by atoms with Gasteiger partial charge in [0.05, 0.1) is 0 Å². The molecule has 0 fully saturated rings. The largest absolute Gasteiger partial charge is 0.382 e. The molecule has 0 atom stereocenters. The number of carbonyl (C=O) groups excluding carboxylic acids is 1. The molecule has 8 nitrogen and oxygen atoms in total. The molecule has 0 saturated heterocycles. The first-order valence-electron chi connectivity index (χ1n) is 5.75.